The smallest absolute Gasteiger partial charge is 0.258 e. The summed E-state index contributed by atoms with van der Waals surface area (Å²) >= 11 is 11.8. The number of rotatable bonds is 2. The number of hydrogen-bond donors (Lipinski definition) is 0. The number of halogens is 2. The largest absolute Gasteiger partial charge is 0.272 e. The molecule has 14 heavy (non-hydrogen) atoms. The molecule has 0 N–H and O–H groups in total. The van der Waals surface area contributed by atoms with Crippen molar-refractivity contribution in [2.45, 2.75) is 18.8 Å². The molecule has 3 nitrogen and oxygen atoms in total. The number of benzene rings is 1. The van der Waals surface area contributed by atoms with Crippen molar-refractivity contribution >= 4 is 28.9 Å². The molecule has 0 amide bonds. The van der Waals surface area contributed by atoms with Crippen molar-refractivity contribution in [3.63, 3.8) is 0 Å². The molecule has 0 bridgehead atoms. The molecule has 1 aromatic rings. The molecule has 1 saturated carbocycles. The maximum Gasteiger partial charge on any atom is 0.272 e. The molecular weight excluding hydrogens is 225 g/mol. The van der Waals surface area contributed by atoms with Crippen LogP contribution in [0.3, 0.4) is 0 Å². The van der Waals surface area contributed by atoms with E-state index >= 15 is 0 Å². The number of hydrogen-bond acceptors (Lipinski definition) is 2. The van der Waals surface area contributed by atoms with Gasteiger partial charge in [0.05, 0.1) is 15.0 Å². The normalized spacial score (nSPS) is 15.6. The third-order valence-corrected chi connectivity index (χ3v) is 2.89. The van der Waals surface area contributed by atoms with Gasteiger partial charge in [-0.15, -0.1) is 0 Å². The van der Waals surface area contributed by atoms with E-state index in [4.69, 9.17) is 23.2 Å². The fourth-order valence-electron chi connectivity index (χ4n) is 1.44. The summed E-state index contributed by atoms with van der Waals surface area (Å²) in [7, 11) is 0. The van der Waals surface area contributed by atoms with Crippen molar-refractivity contribution < 1.29 is 4.92 Å². The Morgan fingerprint density at radius 2 is 1.79 bits per heavy atom. The average molecular weight is 232 g/mol. The minimum absolute atomic E-state index is 0.0515. The molecule has 0 radical (unpaired) electrons. The maximum atomic E-state index is 10.5. The van der Waals surface area contributed by atoms with Crippen LogP contribution in [0.25, 0.3) is 0 Å². The van der Waals surface area contributed by atoms with E-state index < -0.39 is 4.92 Å². The predicted octanol–water partition coefficient (Wildman–Crippen LogP) is 3.78. The van der Waals surface area contributed by atoms with Gasteiger partial charge in [0.25, 0.3) is 5.69 Å². The number of nitrogens with zero attached hydrogens (tertiary/aromatic N) is 1. The topological polar surface area (TPSA) is 43.1 Å². The fourth-order valence-corrected chi connectivity index (χ4v) is 2.22. The Balaban J connectivity index is 2.49. The van der Waals surface area contributed by atoms with Crippen LogP contribution in [0.4, 0.5) is 5.69 Å². The van der Waals surface area contributed by atoms with E-state index in [2.05, 4.69) is 0 Å². The fraction of sp³-hybridized carbons (Fsp3) is 0.333. The Bertz CT molecular complexity index is 379. The first kappa shape index (κ1) is 9.74. The molecule has 74 valence electrons. The Morgan fingerprint density at radius 1 is 1.29 bits per heavy atom. The predicted molar refractivity (Wildman–Crippen MR) is 55.1 cm³/mol. The first-order valence-corrected chi connectivity index (χ1v) is 4.98. The second-order valence-electron chi connectivity index (χ2n) is 3.35. The van der Waals surface area contributed by atoms with Gasteiger partial charge in [0.2, 0.25) is 0 Å². The van der Waals surface area contributed by atoms with E-state index in [1.165, 1.54) is 12.1 Å². The molecule has 0 saturated heterocycles. The van der Waals surface area contributed by atoms with Gasteiger partial charge in [0.1, 0.15) is 0 Å². The van der Waals surface area contributed by atoms with Crippen LogP contribution in [-0.4, -0.2) is 4.92 Å². The summed E-state index contributed by atoms with van der Waals surface area (Å²) in [5.74, 6) is 0.399. The van der Waals surface area contributed by atoms with Gasteiger partial charge >= 0.3 is 0 Å². The lowest BCUT2D eigenvalue weighted by molar-refractivity contribution is -0.384. The Labute approximate surface area is 90.8 Å². The summed E-state index contributed by atoms with van der Waals surface area (Å²) in [6.07, 6.45) is 2.13. The lowest BCUT2D eigenvalue weighted by Crippen LogP contribution is -1.91. The molecule has 0 aliphatic heterocycles. The van der Waals surface area contributed by atoms with Crippen molar-refractivity contribution in [1.29, 1.82) is 0 Å². The van der Waals surface area contributed by atoms with Gasteiger partial charge in [0, 0.05) is 12.1 Å². The van der Waals surface area contributed by atoms with Crippen LogP contribution in [0.5, 0.6) is 0 Å². The van der Waals surface area contributed by atoms with Gasteiger partial charge in [-0.1, -0.05) is 23.2 Å². The molecule has 1 fully saturated rings. The highest BCUT2D eigenvalue weighted by molar-refractivity contribution is 6.36. The van der Waals surface area contributed by atoms with Crippen molar-refractivity contribution in [1.82, 2.24) is 0 Å². The molecule has 0 atom stereocenters. The second-order valence-corrected chi connectivity index (χ2v) is 4.17. The van der Waals surface area contributed by atoms with E-state index in [-0.39, 0.29) is 5.69 Å². The molecule has 0 unspecified atom stereocenters. The highest BCUT2D eigenvalue weighted by Gasteiger charge is 2.29. The van der Waals surface area contributed by atoms with Crippen LogP contribution in [0.1, 0.15) is 24.3 Å². The molecule has 2 rings (SSSR count). The second kappa shape index (κ2) is 3.41. The third kappa shape index (κ3) is 1.70. The summed E-state index contributed by atoms with van der Waals surface area (Å²) in [6, 6.07) is 2.72. The van der Waals surface area contributed by atoms with E-state index in [1.807, 2.05) is 0 Å². The van der Waals surface area contributed by atoms with Gasteiger partial charge < -0.3 is 0 Å². The molecule has 0 heterocycles. The summed E-state index contributed by atoms with van der Waals surface area (Å²) in [6.45, 7) is 0. The van der Waals surface area contributed by atoms with Crippen molar-refractivity contribution in [2.24, 2.45) is 0 Å². The quantitative estimate of drug-likeness (QED) is 0.575. The Hall–Kier alpha value is -0.800. The van der Waals surface area contributed by atoms with Crippen molar-refractivity contribution in [2.75, 3.05) is 0 Å². The molecule has 1 aliphatic rings. The third-order valence-electron chi connectivity index (χ3n) is 2.26. The molecular formula is C9H7Cl2NO2. The van der Waals surface area contributed by atoms with Crippen molar-refractivity contribution in [3.8, 4) is 0 Å². The lowest BCUT2D eigenvalue weighted by atomic mass is 10.1. The SMILES string of the molecule is O=[N+]([O-])c1cc(Cl)c(C2CC2)c(Cl)c1. The minimum atomic E-state index is -0.492. The summed E-state index contributed by atoms with van der Waals surface area (Å²) < 4.78 is 0. The van der Waals surface area contributed by atoms with Gasteiger partial charge in [0.15, 0.2) is 0 Å². The van der Waals surface area contributed by atoms with Crippen LogP contribution >= 0.6 is 23.2 Å². The van der Waals surface area contributed by atoms with Crippen LogP contribution in [0.15, 0.2) is 12.1 Å². The summed E-state index contributed by atoms with van der Waals surface area (Å²) in [4.78, 5) is 10.00. The monoisotopic (exact) mass is 231 g/mol. The van der Waals surface area contributed by atoms with Crippen LogP contribution in [0.2, 0.25) is 10.0 Å². The highest BCUT2D eigenvalue weighted by Crippen LogP contribution is 2.47. The van der Waals surface area contributed by atoms with E-state index in [9.17, 15) is 10.1 Å². The Kier molecular flexibility index (Phi) is 2.37. The van der Waals surface area contributed by atoms with Crippen LogP contribution in [0, 0.1) is 10.1 Å². The maximum absolute atomic E-state index is 10.5. The van der Waals surface area contributed by atoms with E-state index in [1.54, 1.807) is 0 Å². The molecule has 1 aliphatic carbocycles. The highest BCUT2D eigenvalue weighted by atomic mass is 35.5. The zero-order valence-electron chi connectivity index (χ0n) is 7.17. The van der Waals surface area contributed by atoms with Gasteiger partial charge in [-0.2, -0.15) is 0 Å². The first-order chi connectivity index (χ1) is 6.59. The van der Waals surface area contributed by atoms with Gasteiger partial charge in [-0.25, -0.2) is 0 Å². The summed E-state index contributed by atoms with van der Waals surface area (Å²) in [5, 5.41) is 11.3. The van der Waals surface area contributed by atoms with Crippen LogP contribution in [-0.2, 0) is 0 Å². The van der Waals surface area contributed by atoms with E-state index in [0.717, 1.165) is 18.4 Å². The molecule has 5 heteroatoms. The molecule has 0 aromatic heterocycles. The van der Waals surface area contributed by atoms with Crippen molar-refractivity contribution in [3.05, 3.63) is 37.9 Å². The molecule has 1 aromatic carbocycles. The minimum Gasteiger partial charge on any atom is -0.258 e. The summed E-state index contributed by atoms with van der Waals surface area (Å²) in [5.41, 5.74) is 0.809. The van der Waals surface area contributed by atoms with Gasteiger partial charge in [-0.05, 0) is 24.3 Å². The Morgan fingerprint density at radius 3 is 2.14 bits per heavy atom. The van der Waals surface area contributed by atoms with Gasteiger partial charge in [-0.3, -0.25) is 10.1 Å². The number of nitro benzene ring substituents is 1. The standard InChI is InChI=1S/C9H7Cl2NO2/c10-7-3-6(12(13)14)4-8(11)9(7)5-1-2-5/h3-5H,1-2H2. The lowest BCUT2D eigenvalue weighted by Gasteiger charge is -2.04. The first-order valence-electron chi connectivity index (χ1n) is 4.23. The number of nitro groups is 1. The van der Waals surface area contributed by atoms with E-state index in [0.29, 0.717) is 16.0 Å². The number of non-ortho nitro benzene ring substituents is 1. The van der Waals surface area contributed by atoms with Crippen LogP contribution < -0.4 is 0 Å². The molecule has 0 spiro atoms. The zero-order chi connectivity index (χ0) is 10.3. The zero-order valence-corrected chi connectivity index (χ0v) is 8.68. The average Bonchev–Trinajstić information content (AvgIpc) is 2.86.